The Kier molecular flexibility index (Phi) is 6.62. The van der Waals surface area contributed by atoms with E-state index in [4.69, 9.17) is 4.74 Å². The first-order valence-electron chi connectivity index (χ1n) is 11.3. The van der Waals surface area contributed by atoms with Crippen LogP contribution in [0.4, 0.5) is 0 Å². The molecule has 2 atom stereocenters. The number of amides is 3. The number of methoxy groups -OCH3 is 1. The predicted octanol–water partition coefficient (Wildman–Crippen LogP) is 1.70. The van der Waals surface area contributed by atoms with Crippen molar-refractivity contribution in [1.29, 1.82) is 0 Å². The van der Waals surface area contributed by atoms with Gasteiger partial charge in [-0.25, -0.2) is 0 Å². The van der Waals surface area contributed by atoms with Crippen LogP contribution >= 0.6 is 0 Å². The van der Waals surface area contributed by atoms with Crippen LogP contribution in [0.25, 0.3) is 10.8 Å². The second-order valence-electron chi connectivity index (χ2n) is 8.86. The van der Waals surface area contributed by atoms with Gasteiger partial charge in [0.2, 0.25) is 17.7 Å². The molecule has 2 N–H and O–H groups in total. The van der Waals surface area contributed by atoms with E-state index in [1.165, 1.54) is 12.0 Å². The molecule has 3 amide bonds. The second kappa shape index (κ2) is 9.60. The number of piperazine rings is 1. The third kappa shape index (κ3) is 5.16. The number of benzene rings is 2. The average molecular weight is 452 g/mol. The van der Waals surface area contributed by atoms with Gasteiger partial charge in [-0.15, -0.1) is 0 Å². The maximum atomic E-state index is 13.1. The maximum Gasteiger partial charge on any atom is 0.308 e. The summed E-state index contributed by atoms with van der Waals surface area (Å²) >= 11 is 0. The topological polar surface area (TPSA) is 105 Å². The minimum absolute atomic E-state index is 0.0100. The molecule has 8 heteroatoms. The Morgan fingerprint density at radius 2 is 1.94 bits per heavy atom. The number of carbonyl (C=O) groups excluding carboxylic acids is 4. The summed E-state index contributed by atoms with van der Waals surface area (Å²) in [6, 6.07) is 13.5. The van der Waals surface area contributed by atoms with E-state index in [-0.39, 0.29) is 30.6 Å². The maximum absolute atomic E-state index is 13.1. The average Bonchev–Trinajstić information content (AvgIpc) is 3.19. The molecule has 2 heterocycles. The van der Waals surface area contributed by atoms with Crippen LogP contribution in [-0.4, -0.2) is 60.4 Å². The summed E-state index contributed by atoms with van der Waals surface area (Å²) in [6.45, 7) is 0.692. The molecule has 0 aliphatic carbocycles. The Morgan fingerprint density at radius 3 is 2.67 bits per heavy atom. The van der Waals surface area contributed by atoms with E-state index in [1.807, 2.05) is 12.1 Å². The molecule has 0 bridgehead atoms. The zero-order valence-corrected chi connectivity index (χ0v) is 18.8. The molecule has 0 radical (unpaired) electrons. The highest BCUT2D eigenvalue weighted by atomic mass is 16.5. The van der Waals surface area contributed by atoms with Gasteiger partial charge in [-0.1, -0.05) is 42.5 Å². The van der Waals surface area contributed by atoms with Crippen LogP contribution in [0.5, 0.6) is 0 Å². The molecule has 33 heavy (non-hydrogen) atoms. The van der Waals surface area contributed by atoms with Gasteiger partial charge in [0.25, 0.3) is 0 Å². The van der Waals surface area contributed by atoms with Gasteiger partial charge < -0.3 is 20.3 Å². The van der Waals surface area contributed by atoms with Crippen LogP contribution < -0.4 is 10.6 Å². The summed E-state index contributed by atoms with van der Waals surface area (Å²) in [6.07, 6.45) is 2.18. The number of nitrogens with zero attached hydrogens (tertiary/aromatic N) is 1. The third-order valence-corrected chi connectivity index (χ3v) is 6.65. The molecule has 0 saturated carbocycles. The fraction of sp³-hybridized carbons (Fsp3) is 0.440. The summed E-state index contributed by atoms with van der Waals surface area (Å²) in [4.78, 5) is 50.8. The molecule has 0 unspecified atom stereocenters. The van der Waals surface area contributed by atoms with Crippen LogP contribution in [0, 0.1) is 0 Å². The second-order valence-corrected chi connectivity index (χ2v) is 8.86. The molecule has 0 spiro atoms. The molecule has 2 fully saturated rings. The molecule has 174 valence electrons. The zero-order chi connectivity index (χ0) is 23.4. The fourth-order valence-electron chi connectivity index (χ4n) is 4.87. The summed E-state index contributed by atoms with van der Waals surface area (Å²) in [7, 11) is 1.26. The lowest BCUT2D eigenvalue weighted by Gasteiger charge is -2.36. The fourth-order valence-corrected chi connectivity index (χ4v) is 4.87. The Bertz CT molecular complexity index is 1080. The van der Waals surface area contributed by atoms with Gasteiger partial charge >= 0.3 is 5.97 Å². The zero-order valence-electron chi connectivity index (χ0n) is 18.8. The van der Waals surface area contributed by atoms with Gasteiger partial charge in [0.15, 0.2) is 0 Å². The molecule has 2 saturated heterocycles. The van der Waals surface area contributed by atoms with E-state index < -0.39 is 17.6 Å². The Morgan fingerprint density at radius 1 is 1.15 bits per heavy atom. The SMILES string of the molecule is COC(=O)C[C@H]1C(=O)NCCN1C(=O)CC[C@@]1(Cc2ccc3ccccc3c2)CCC(=O)N1. The van der Waals surface area contributed by atoms with Gasteiger partial charge in [0.1, 0.15) is 6.04 Å². The monoisotopic (exact) mass is 451 g/mol. The highest BCUT2D eigenvalue weighted by molar-refractivity contribution is 5.92. The highest BCUT2D eigenvalue weighted by Gasteiger charge is 2.40. The molecule has 2 aromatic carbocycles. The van der Waals surface area contributed by atoms with E-state index in [0.717, 1.165) is 16.3 Å². The Hall–Kier alpha value is -3.42. The van der Waals surface area contributed by atoms with Crippen LogP contribution in [0.3, 0.4) is 0 Å². The first-order valence-corrected chi connectivity index (χ1v) is 11.3. The van der Waals surface area contributed by atoms with Crippen LogP contribution in [0.15, 0.2) is 42.5 Å². The number of carbonyl (C=O) groups is 4. The number of esters is 1. The predicted molar refractivity (Wildman–Crippen MR) is 122 cm³/mol. The minimum Gasteiger partial charge on any atom is -0.469 e. The number of hydrogen-bond donors (Lipinski definition) is 2. The quantitative estimate of drug-likeness (QED) is 0.624. The summed E-state index contributed by atoms with van der Waals surface area (Å²) in [5.41, 5.74) is 0.592. The van der Waals surface area contributed by atoms with Gasteiger partial charge in [-0.05, 0) is 35.6 Å². The molecule has 2 aromatic rings. The van der Waals surface area contributed by atoms with Gasteiger partial charge in [-0.2, -0.15) is 0 Å². The summed E-state index contributed by atoms with van der Waals surface area (Å²) in [5, 5.41) is 8.12. The molecule has 0 aromatic heterocycles. The van der Waals surface area contributed by atoms with Crippen LogP contribution in [0.2, 0.25) is 0 Å². The minimum atomic E-state index is -0.867. The summed E-state index contributed by atoms with van der Waals surface area (Å²) in [5.74, 6) is -1.09. The molecule has 2 aliphatic rings. The highest BCUT2D eigenvalue weighted by Crippen LogP contribution is 2.31. The number of ether oxygens (including phenoxy) is 1. The van der Waals surface area contributed by atoms with Crippen molar-refractivity contribution in [3.8, 4) is 0 Å². The van der Waals surface area contributed by atoms with E-state index >= 15 is 0 Å². The lowest BCUT2D eigenvalue weighted by atomic mass is 9.84. The van der Waals surface area contributed by atoms with E-state index in [9.17, 15) is 19.2 Å². The standard InChI is InChI=1S/C25H29N3O5/c1-33-23(31)15-20-24(32)26-12-13-28(20)22(30)9-11-25(10-8-21(29)27-25)16-17-6-7-18-4-2-3-5-19(18)14-17/h2-7,14,20H,8-13,15-16H2,1H3,(H,26,32)(H,27,29)/t20-,25+/m0/s1. The normalized spacial score (nSPS) is 22.7. The van der Waals surface area contributed by atoms with Gasteiger partial charge in [-0.3, -0.25) is 19.2 Å². The van der Waals surface area contributed by atoms with Crippen LogP contribution in [-0.2, 0) is 30.3 Å². The smallest absolute Gasteiger partial charge is 0.308 e. The largest absolute Gasteiger partial charge is 0.469 e. The lowest BCUT2D eigenvalue weighted by molar-refractivity contribution is -0.150. The Labute approximate surface area is 192 Å². The van der Waals surface area contributed by atoms with Gasteiger partial charge in [0.05, 0.1) is 13.5 Å². The Balaban J connectivity index is 1.48. The number of rotatable bonds is 7. The van der Waals surface area contributed by atoms with Crippen molar-refractivity contribution in [1.82, 2.24) is 15.5 Å². The number of nitrogens with one attached hydrogen (secondary N) is 2. The molecular formula is C25H29N3O5. The summed E-state index contributed by atoms with van der Waals surface area (Å²) < 4.78 is 4.69. The van der Waals surface area contributed by atoms with Crippen molar-refractivity contribution in [3.63, 3.8) is 0 Å². The number of fused-ring (bicyclic) bond motifs is 1. The van der Waals surface area contributed by atoms with Crippen molar-refractivity contribution in [2.24, 2.45) is 0 Å². The number of hydrogen-bond acceptors (Lipinski definition) is 5. The van der Waals surface area contributed by atoms with Crippen molar-refractivity contribution in [2.75, 3.05) is 20.2 Å². The van der Waals surface area contributed by atoms with E-state index in [2.05, 4.69) is 41.0 Å². The van der Waals surface area contributed by atoms with Crippen molar-refractivity contribution in [3.05, 3.63) is 48.0 Å². The molecule has 4 rings (SSSR count). The lowest BCUT2D eigenvalue weighted by Crippen LogP contribution is -2.58. The van der Waals surface area contributed by atoms with Crippen molar-refractivity contribution >= 4 is 34.5 Å². The molecule has 2 aliphatic heterocycles. The van der Waals surface area contributed by atoms with Gasteiger partial charge in [0, 0.05) is 31.5 Å². The van der Waals surface area contributed by atoms with Crippen LogP contribution in [0.1, 0.15) is 37.7 Å². The first-order chi connectivity index (χ1) is 15.9. The first kappa shape index (κ1) is 22.8. The molecule has 8 nitrogen and oxygen atoms in total. The third-order valence-electron chi connectivity index (χ3n) is 6.65. The van der Waals surface area contributed by atoms with E-state index in [1.54, 1.807) is 0 Å². The van der Waals surface area contributed by atoms with E-state index in [0.29, 0.717) is 38.8 Å². The van der Waals surface area contributed by atoms with Crippen molar-refractivity contribution < 1.29 is 23.9 Å². The van der Waals surface area contributed by atoms with Crippen molar-refractivity contribution in [2.45, 2.75) is 50.1 Å². The molecular weight excluding hydrogens is 422 g/mol.